The van der Waals surface area contributed by atoms with Crippen LogP contribution in [0.4, 0.5) is 21.5 Å². The van der Waals surface area contributed by atoms with Gasteiger partial charge in [-0.05, 0) is 29.7 Å². The first kappa shape index (κ1) is 13.0. The molecule has 104 valence electrons. The van der Waals surface area contributed by atoms with E-state index in [-0.39, 0.29) is 5.69 Å². The number of nitro groups is 1. The molecule has 3 aromatic rings. The molecule has 0 aliphatic rings. The Morgan fingerprint density at radius 1 is 1.10 bits per heavy atom. The number of halogens is 1. The largest absolute Gasteiger partial charge is 0.349 e. The number of anilines is 2. The summed E-state index contributed by atoms with van der Waals surface area (Å²) in [5, 5.41) is 15.7. The number of pyridine rings is 1. The van der Waals surface area contributed by atoms with Crippen LogP contribution < -0.4 is 5.32 Å². The van der Waals surface area contributed by atoms with Gasteiger partial charge in [0, 0.05) is 23.5 Å². The minimum absolute atomic E-state index is 0.108. The SMILES string of the molecule is O=[N+]([O-])c1c(F)cccc1Nc1cccc2ccncc12. The van der Waals surface area contributed by atoms with E-state index in [2.05, 4.69) is 10.3 Å². The van der Waals surface area contributed by atoms with E-state index in [1.165, 1.54) is 12.1 Å². The highest BCUT2D eigenvalue weighted by molar-refractivity contribution is 5.95. The highest BCUT2D eigenvalue weighted by Gasteiger charge is 2.20. The third-order valence-electron chi connectivity index (χ3n) is 3.12. The van der Waals surface area contributed by atoms with Crippen LogP contribution in [0.15, 0.2) is 54.9 Å². The van der Waals surface area contributed by atoms with Crippen LogP contribution in [0.1, 0.15) is 0 Å². The maximum absolute atomic E-state index is 13.6. The summed E-state index contributed by atoms with van der Waals surface area (Å²) >= 11 is 0. The van der Waals surface area contributed by atoms with Crippen molar-refractivity contribution in [3.05, 3.63) is 70.8 Å². The second-order valence-electron chi connectivity index (χ2n) is 4.42. The van der Waals surface area contributed by atoms with Crippen molar-refractivity contribution in [3.63, 3.8) is 0 Å². The number of para-hydroxylation sites is 1. The van der Waals surface area contributed by atoms with Crippen LogP contribution in [0.2, 0.25) is 0 Å². The minimum atomic E-state index is -0.872. The third-order valence-corrected chi connectivity index (χ3v) is 3.12. The second kappa shape index (κ2) is 5.16. The van der Waals surface area contributed by atoms with E-state index in [4.69, 9.17) is 0 Å². The molecule has 0 saturated carbocycles. The summed E-state index contributed by atoms with van der Waals surface area (Å²) in [4.78, 5) is 14.3. The highest BCUT2D eigenvalue weighted by atomic mass is 19.1. The quantitative estimate of drug-likeness (QED) is 0.582. The van der Waals surface area contributed by atoms with Gasteiger partial charge in [-0.15, -0.1) is 0 Å². The molecule has 0 fully saturated rings. The normalized spacial score (nSPS) is 10.5. The summed E-state index contributed by atoms with van der Waals surface area (Å²) in [6.07, 6.45) is 3.32. The van der Waals surface area contributed by atoms with Crippen LogP contribution in [0.5, 0.6) is 0 Å². The fraction of sp³-hybridized carbons (Fsp3) is 0. The lowest BCUT2D eigenvalue weighted by atomic mass is 10.1. The van der Waals surface area contributed by atoms with Gasteiger partial charge in [-0.2, -0.15) is 4.39 Å². The van der Waals surface area contributed by atoms with E-state index in [1.54, 1.807) is 18.5 Å². The fourth-order valence-corrected chi connectivity index (χ4v) is 2.17. The smallest absolute Gasteiger partial charge is 0.327 e. The summed E-state index contributed by atoms with van der Waals surface area (Å²) in [6.45, 7) is 0. The predicted octanol–water partition coefficient (Wildman–Crippen LogP) is 4.03. The number of hydrogen-bond acceptors (Lipinski definition) is 4. The Kier molecular flexibility index (Phi) is 3.19. The zero-order valence-corrected chi connectivity index (χ0v) is 10.8. The number of hydrogen-bond donors (Lipinski definition) is 1. The number of nitrogens with zero attached hydrogens (tertiary/aromatic N) is 2. The van der Waals surface area contributed by atoms with E-state index in [9.17, 15) is 14.5 Å². The molecule has 0 aliphatic heterocycles. The third kappa shape index (κ3) is 2.38. The number of benzene rings is 2. The first-order chi connectivity index (χ1) is 10.2. The summed E-state index contributed by atoms with van der Waals surface area (Å²) < 4.78 is 13.6. The molecule has 1 aromatic heterocycles. The maximum atomic E-state index is 13.6. The van der Waals surface area contributed by atoms with Gasteiger partial charge >= 0.3 is 5.69 Å². The van der Waals surface area contributed by atoms with Crippen molar-refractivity contribution in [2.75, 3.05) is 5.32 Å². The summed E-state index contributed by atoms with van der Waals surface area (Å²) in [7, 11) is 0. The van der Waals surface area contributed by atoms with Crippen LogP contribution in [0.3, 0.4) is 0 Å². The van der Waals surface area contributed by atoms with Crippen LogP contribution >= 0.6 is 0 Å². The van der Waals surface area contributed by atoms with Crippen molar-refractivity contribution in [2.24, 2.45) is 0 Å². The van der Waals surface area contributed by atoms with Crippen LogP contribution in [0, 0.1) is 15.9 Å². The number of nitro benzene ring substituents is 1. The molecule has 0 saturated heterocycles. The van der Waals surface area contributed by atoms with E-state index in [0.29, 0.717) is 5.69 Å². The van der Waals surface area contributed by atoms with Gasteiger partial charge in [0.15, 0.2) is 0 Å². The fourth-order valence-electron chi connectivity index (χ4n) is 2.17. The average Bonchev–Trinajstić information content (AvgIpc) is 2.47. The molecule has 0 aliphatic carbocycles. The van der Waals surface area contributed by atoms with Crippen molar-refractivity contribution < 1.29 is 9.31 Å². The van der Waals surface area contributed by atoms with Gasteiger partial charge in [-0.25, -0.2) is 0 Å². The topological polar surface area (TPSA) is 68.1 Å². The van der Waals surface area contributed by atoms with Gasteiger partial charge in [0.1, 0.15) is 5.69 Å². The number of rotatable bonds is 3. The van der Waals surface area contributed by atoms with Crippen molar-refractivity contribution in [1.82, 2.24) is 4.98 Å². The van der Waals surface area contributed by atoms with Crippen LogP contribution in [-0.4, -0.2) is 9.91 Å². The van der Waals surface area contributed by atoms with Gasteiger partial charge in [-0.3, -0.25) is 15.1 Å². The van der Waals surface area contributed by atoms with Gasteiger partial charge in [0.25, 0.3) is 0 Å². The van der Waals surface area contributed by atoms with E-state index in [1.807, 2.05) is 18.2 Å². The standard InChI is InChI=1S/C15H10FN3O2/c16-12-4-2-6-14(15(12)19(20)21)18-13-5-1-3-10-7-8-17-9-11(10)13/h1-9,18H. The molecule has 0 atom stereocenters. The van der Waals surface area contributed by atoms with E-state index < -0.39 is 16.4 Å². The molecule has 3 rings (SSSR count). The monoisotopic (exact) mass is 283 g/mol. The zero-order valence-electron chi connectivity index (χ0n) is 10.8. The molecular formula is C15H10FN3O2. The molecule has 0 radical (unpaired) electrons. The molecule has 21 heavy (non-hydrogen) atoms. The first-order valence-electron chi connectivity index (χ1n) is 6.19. The molecular weight excluding hydrogens is 273 g/mol. The Bertz CT molecular complexity index is 831. The van der Waals surface area contributed by atoms with Crippen molar-refractivity contribution in [1.29, 1.82) is 0 Å². The Balaban J connectivity index is 2.12. The molecule has 1 heterocycles. The van der Waals surface area contributed by atoms with Gasteiger partial charge < -0.3 is 5.32 Å². The Labute approximate surface area is 119 Å². The van der Waals surface area contributed by atoms with Crippen LogP contribution in [-0.2, 0) is 0 Å². The van der Waals surface area contributed by atoms with E-state index >= 15 is 0 Å². The number of fused-ring (bicyclic) bond motifs is 1. The van der Waals surface area contributed by atoms with Crippen molar-refractivity contribution in [3.8, 4) is 0 Å². The van der Waals surface area contributed by atoms with Gasteiger partial charge in [-0.1, -0.05) is 18.2 Å². The molecule has 0 amide bonds. The highest BCUT2D eigenvalue weighted by Crippen LogP contribution is 2.32. The summed E-state index contributed by atoms with van der Waals surface area (Å²) in [5.41, 5.74) is 0.170. The van der Waals surface area contributed by atoms with Crippen LogP contribution in [0.25, 0.3) is 10.8 Å². The average molecular weight is 283 g/mol. The summed E-state index contributed by atoms with van der Waals surface area (Å²) in [6, 6.07) is 11.3. The van der Waals surface area contributed by atoms with Gasteiger partial charge in [0.2, 0.25) is 5.82 Å². The number of aromatic nitrogens is 1. The molecule has 0 unspecified atom stereocenters. The Hall–Kier alpha value is -3.02. The Morgan fingerprint density at radius 3 is 2.67 bits per heavy atom. The lowest BCUT2D eigenvalue weighted by molar-refractivity contribution is -0.386. The summed E-state index contributed by atoms with van der Waals surface area (Å²) in [5.74, 6) is -0.872. The molecule has 0 spiro atoms. The first-order valence-corrected chi connectivity index (χ1v) is 6.19. The maximum Gasteiger partial charge on any atom is 0.327 e. The predicted molar refractivity (Wildman–Crippen MR) is 78.1 cm³/mol. The molecule has 2 aromatic carbocycles. The Morgan fingerprint density at radius 2 is 1.86 bits per heavy atom. The van der Waals surface area contributed by atoms with Crippen molar-refractivity contribution in [2.45, 2.75) is 0 Å². The lowest BCUT2D eigenvalue weighted by Gasteiger charge is -2.10. The molecule has 5 nitrogen and oxygen atoms in total. The zero-order chi connectivity index (χ0) is 14.8. The van der Waals surface area contributed by atoms with Crippen molar-refractivity contribution >= 4 is 27.8 Å². The number of nitrogens with one attached hydrogen (secondary N) is 1. The van der Waals surface area contributed by atoms with E-state index in [0.717, 1.165) is 16.8 Å². The van der Waals surface area contributed by atoms with Gasteiger partial charge in [0.05, 0.1) is 4.92 Å². The lowest BCUT2D eigenvalue weighted by Crippen LogP contribution is -2.00. The molecule has 6 heteroatoms. The second-order valence-corrected chi connectivity index (χ2v) is 4.42. The molecule has 1 N–H and O–H groups in total. The molecule has 0 bridgehead atoms. The minimum Gasteiger partial charge on any atom is -0.349 e.